The number of benzene rings is 1. The van der Waals surface area contributed by atoms with Gasteiger partial charge in [0.1, 0.15) is 11.4 Å². The molecule has 0 spiro atoms. The number of hydrogen-bond donors (Lipinski definition) is 0. The smallest absolute Gasteiger partial charge is 0.258 e. The maximum Gasteiger partial charge on any atom is 0.258 e. The minimum absolute atomic E-state index is 0.0786. The Balaban J connectivity index is 1.68. The zero-order chi connectivity index (χ0) is 18.1. The summed E-state index contributed by atoms with van der Waals surface area (Å²) in [6, 6.07) is 7.14. The van der Waals surface area contributed by atoms with E-state index < -0.39 is 5.60 Å². The zero-order valence-corrected chi connectivity index (χ0v) is 14.6. The number of Topliss-reactive ketones (excluding diaryl/α,β-unsaturated/α-hetero) is 1. The minimum atomic E-state index is -0.405. The first kappa shape index (κ1) is 16.4. The number of nitrogens with zero attached hydrogens (tertiary/aromatic N) is 4. The quantitative estimate of drug-likeness (QED) is 0.708. The van der Waals surface area contributed by atoms with Gasteiger partial charge >= 0.3 is 0 Å². The van der Waals surface area contributed by atoms with Crippen molar-refractivity contribution in [2.45, 2.75) is 38.7 Å². The highest BCUT2D eigenvalue weighted by Gasteiger charge is 2.37. The summed E-state index contributed by atoms with van der Waals surface area (Å²) in [5.74, 6) is 1.46. The van der Waals surface area contributed by atoms with Crippen LogP contribution in [0.15, 0.2) is 41.2 Å². The van der Waals surface area contributed by atoms with Crippen LogP contribution in [0.1, 0.15) is 43.5 Å². The van der Waals surface area contributed by atoms with Gasteiger partial charge in [-0.2, -0.15) is 15.2 Å². The Bertz CT molecular complexity index is 948. The van der Waals surface area contributed by atoms with Gasteiger partial charge in [0.2, 0.25) is 5.82 Å². The summed E-state index contributed by atoms with van der Waals surface area (Å²) in [4.78, 5) is 17.1. The summed E-state index contributed by atoms with van der Waals surface area (Å²) in [6.07, 6.45) is 5.10. The van der Waals surface area contributed by atoms with Crippen molar-refractivity contribution in [1.29, 1.82) is 0 Å². The average Bonchev–Trinajstić information content (AvgIpc) is 3.18. The standard InChI is InChI=1S/C19H18N4O3/c1-3-19(4-2)10-15(24)14-9-12(5-6-16(14)25-19)18-22-17(23-26-18)13-7-8-20-21-11-13/h5-9,11H,3-4,10H2,1-2H3. The van der Waals surface area contributed by atoms with E-state index in [1.54, 1.807) is 30.6 Å². The molecule has 132 valence electrons. The van der Waals surface area contributed by atoms with Crippen LogP contribution in [0.2, 0.25) is 0 Å². The summed E-state index contributed by atoms with van der Waals surface area (Å²) in [5.41, 5.74) is 1.55. The van der Waals surface area contributed by atoms with Gasteiger partial charge in [-0.05, 0) is 37.1 Å². The number of carbonyl (C=O) groups excluding carboxylic acids is 1. The highest BCUT2D eigenvalue weighted by molar-refractivity contribution is 6.01. The molecular formula is C19H18N4O3. The third-order valence-corrected chi connectivity index (χ3v) is 4.89. The monoisotopic (exact) mass is 350 g/mol. The molecule has 4 rings (SSSR count). The molecule has 0 saturated carbocycles. The summed E-state index contributed by atoms with van der Waals surface area (Å²) in [7, 11) is 0. The Hall–Kier alpha value is -3.09. The molecule has 0 fully saturated rings. The van der Waals surface area contributed by atoms with Crippen LogP contribution in [0.3, 0.4) is 0 Å². The third kappa shape index (κ3) is 2.75. The molecular weight excluding hydrogens is 332 g/mol. The number of ketones is 1. The maximum absolute atomic E-state index is 12.7. The Morgan fingerprint density at radius 2 is 1.96 bits per heavy atom. The number of ether oxygens (including phenoxy) is 1. The molecule has 2 aromatic heterocycles. The van der Waals surface area contributed by atoms with Gasteiger partial charge in [0.15, 0.2) is 5.78 Å². The number of aromatic nitrogens is 4. The summed E-state index contributed by atoms with van der Waals surface area (Å²) in [5, 5.41) is 11.5. The average molecular weight is 350 g/mol. The van der Waals surface area contributed by atoms with Gasteiger partial charge in [0.05, 0.1) is 24.4 Å². The number of fused-ring (bicyclic) bond motifs is 1. The van der Waals surface area contributed by atoms with Gasteiger partial charge in [0.25, 0.3) is 5.89 Å². The van der Waals surface area contributed by atoms with Crippen LogP contribution in [0.25, 0.3) is 22.8 Å². The van der Waals surface area contributed by atoms with E-state index in [0.29, 0.717) is 40.6 Å². The number of hydrogen-bond acceptors (Lipinski definition) is 7. The molecule has 1 aliphatic heterocycles. The van der Waals surface area contributed by atoms with Crippen molar-refractivity contribution in [2.75, 3.05) is 0 Å². The minimum Gasteiger partial charge on any atom is -0.486 e. The first-order chi connectivity index (χ1) is 12.6. The Kier molecular flexibility index (Phi) is 3.99. The van der Waals surface area contributed by atoms with E-state index in [9.17, 15) is 4.79 Å². The second kappa shape index (κ2) is 6.33. The molecule has 1 aromatic carbocycles. The van der Waals surface area contributed by atoms with Crippen LogP contribution in [-0.2, 0) is 0 Å². The molecule has 0 saturated heterocycles. The molecule has 7 heteroatoms. The van der Waals surface area contributed by atoms with E-state index in [2.05, 4.69) is 20.3 Å². The van der Waals surface area contributed by atoms with E-state index in [1.165, 1.54) is 0 Å². The lowest BCUT2D eigenvalue weighted by Gasteiger charge is -2.36. The Morgan fingerprint density at radius 1 is 1.12 bits per heavy atom. The van der Waals surface area contributed by atoms with Crippen molar-refractivity contribution in [3.05, 3.63) is 42.2 Å². The highest BCUT2D eigenvalue weighted by atomic mass is 16.5. The van der Waals surface area contributed by atoms with Crippen molar-refractivity contribution < 1.29 is 14.1 Å². The molecule has 3 aromatic rings. The second-order valence-electron chi connectivity index (χ2n) is 6.36. The van der Waals surface area contributed by atoms with Crippen LogP contribution < -0.4 is 4.74 Å². The van der Waals surface area contributed by atoms with Crippen molar-refractivity contribution in [2.24, 2.45) is 0 Å². The second-order valence-corrected chi connectivity index (χ2v) is 6.36. The Morgan fingerprint density at radius 3 is 2.69 bits per heavy atom. The van der Waals surface area contributed by atoms with Gasteiger partial charge in [0, 0.05) is 11.1 Å². The molecule has 0 radical (unpaired) electrons. The molecule has 0 amide bonds. The fourth-order valence-corrected chi connectivity index (χ4v) is 3.15. The molecule has 0 aliphatic carbocycles. The zero-order valence-electron chi connectivity index (χ0n) is 14.6. The highest BCUT2D eigenvalue weighted by Crippen LogP contribution is 2.38. The van der Waals surface area contributed by atoms with E-state index in [0.717, 1.165) is 12.8 Å². The predicted octanol–water partition coefficient (Wildman–Crippen LogP) is 3.72. The summed E-state index contributed by atoms with van der Waals surface area (Å²) >= 11 is 0. The lowest BCUT2D eigenvalue weighted by molar-refractivity contribution is 0.0350. The summed E-state index contributed by atoms with van der Waals surface area (Å²) < 4.78 is 11.5. The van der Waals surface area contributed by atoms with Crippen molar-refractivity contribution >= 4 is 5.78 Å². The lowest BCUT2D eigenvalue weighted by Crippen LogP contribution is -2.40. The van der Waals surface area contributed by atoms with Crippen LogP contribution in [-0.4, -0.2) is 31.7 Å². The van der Waals surface area contributed by atoms with Crippen molar-refractivity contribution in [3.63, 3.8) is 0 Å². The predicted molar refractivity (Wildman–Crippen MR) is 93.6 cm³/mol. The summed E-state index contributed by atoms with van der Waals surface area (Å²) in [6.45, 7) is 4.09. The topological polar surface area (TPSA) is 91.0 Å². The van der Waals surface area contributed by atoms with Gasteiger partial charge in [-0.25, -0.2) is 0 Å². The molecule has 0 unspecified atom stereocenters. The van der Waals surface area contributed by atoms with E-state index >= 15 is 0 Å². The van der Waals surface area contributed by atoms with Gasteiger partial charge < -0.3 is 9.26 Å². The van der Waals surface area contributed by atoms with E-state index in [-0.39, 0.29) is 5.78 Å². The molecule has 26 heavy (non-hydrogen) atoms. The molecule has 1 aliphatic rings. The first-order valence-corrected chi connectivity index (χ1v) is 8.61. The SMILES string of the molecule is CCC1(CC)CC(=O)c2cc(-c3nc(-c4ccnnc4)no3)ccc2O1. The molecule has 7 nitrogen and oxygen atoms in total. The van der Waals surface area contributed by atoms with E-state index in [1.807, 2.05) is 19.9 Å². The van der Waals surface area contributed by atoms with Crippen molar-refractivity contribution in [3.8, 4) is 28.6 Å². The lowest BCUT2D eigenvalue weighted by atomic mass is 9.85. The van der Waals surface area contributed by atoms with Crippen LogP contribution in [0.5, 0.6) is 5.75 Å². The van der Waals surface area contributed by atoms with Crippen LogP contribution in [0.4, 0.5) is 0 Å². The van der Waals surface area contributed by atoms with Crippen LogP contribution in [0, 0.1) is 0 Å². The molecule has 0 atom stereocenters. The number of carbonyl (C=O) groups is 1. The Labute approximate surface area is 150 Å². The molecule has 0 N–H and O–H groups in total. The fourth-order valence-electron chi connectivity index (χ4n) is 3.15. The molecule has 3 heterocycles. The van der Waals surface area contributed by atoms with Gasteiger partial charge in [-0.3, -0.25) is 4.79 Å². The van der Waals surface area contributed by atoms with Gasteiger partial charge in [-0.15, -0.1) is 0 Å². The molecule has 0 bridgehead atoms. The van der Waals surface area contributed by atoms with Crippen molar-refractivity contribution in [1.82, 2.24) is 20.3 Å². The largest absolute Gasteiger partial charge is 0.486 e. The third-order valence-electron chi connectivity index (χ3n) is 4.89. The van der Waals surface area contributed by atoms with Gasteiger partial charge in [-0.1, -0.05) is 19.0 Å². The first-order valence-electron chi connectivity index (χ1n) is 8.61. The van der Waals surface area contributed by atoms with Crippen LogP contribution >= 0.6 is 0 Å². The maximum atomic E-state index is 12.7. The normalized spacial score (nSPS) is 15.4. The fraction of sp³-hybridized carbons (Fsp3) is 0.316. The van der Waals surface area contributed by atoms with E-state index in [4.69, 9.17) is 9.26 Å². The number of rotatable bonds is 4.